The topological polar surface area (TPSA) is 51.2 Å². The standard InChI is InChI=1S/C20H22O3P.Li.H/c1-11-7-13(3)17(14(4)8-11)19(21)24(23)20(22)18-15(5)9-12(2)10-16(18)6;;/h7-10H,1-6H3;;/q2*+1;-1. The van der Waals surface area contributed by atoms with Gasteiger partial charge in [0.1, 0.15) is 0 Å². The van der Waals surface area contributed by atoms with Crippen LogP contribution in [0, 0.1) is 41.5 Å². The fraction of sp³-hybridized carbons (Fsp3) is 0.300. The van der Waals surface area contributed by atoms with Gasteiger partial charge in [0.2, 0.25) is 0 Å². The number of rotatable bonds is 4. The first kappa shape index (κ1) is 21.5. The van der Waals surface area contributed by atoms with Crippen molar-refractivity contribution in [1.29, 1.82) is 0 Å². The Labute approximate surface area is 163 Å². The molecule has 5 heteroatoms. The van der Waals surface area contributed by atoms with Crippen LogP contribution in [0.2, 0.25) is 0 Å². The summed E-state index contributed by atoms with van der Waals surface area (Å²) >= 11 is 0. The molecule has 0 bridgehead atoms. The Kier molecular flexibility index (Phi) is 7.09. The SMILES string of the molecule is Cc1cc(C)c(C(=O)[P+](=O)C(=O)c2c(C)cc(C)cc2C)c(C)c1.[H-].[Li+]. The third-order valence-corrected chi connectivity index (χ3v) is 5.34. The molecule has 126 valence electrons. The van der Waals surface area contributed by atoms with Crippen molar-refractivity contribution in [3.8, 4) is 0 Å². The van der Waals surface area contributed by atoms with Crippen LogP contribution in [-0.4, -0.2) is 11.0 Å². The molecule has 0 aliphatic rings. The summed E-state index contributed by atoms with van der Waals surface area (Å²) in [4.78, 5) is 25.4. The van der Waals surface area contributed by atoms with Gasteiger partial charge in [-0.25, -0.2) is 9.59 Å². The van der Waals surface area contributed by atoms with E-state index in [0.29, 0.717) is 11.1 Å². The maximum absolute atomic E-state index is 12.7. The first-order valence-corrected chi connectivity index (χ1v) is 9.11. The predicted octanol–water partition coefficient (Wildman–Crippen LogP) is 2.46. The summed E-state index contributed by atoms with van der Waals surface area (Å²) in [6.07, 6.45) is 0. The maximum Gasteiger partial charge on any atom is 1.00 e. The van der Waals surface area contributed by atoms with Crippen LogP contribution >= 0.6 is 7.80 Å². The largest absolute Gasteiger partial charge is 1.00 e. The third-order valence-electron chi connectivity index (χ3n) is 4.15. The molecule has 0 saturated carbocycles. The Balaban J connectivity index is 0.00000312. The molecule has 0 fully saturated rings. The Morgan fingerprint density at radius 1 is 0.680 bits per heavy atom. The monoisotopic (exact) mass is 349 g/mol. The van der Waals surface area contributed by atoms with Gasteiger partial charge in [0.25, 0.3) is 0 Å². The van der Waals surface area contributed by atoms with Crippen LogP contribution in [0.25, 0.3) is 0 Å². The Morgan fingerprint density at radius 2 is 0.920 bits per heavy atom. The van der Waals surface area contributed by atoms with Crippen molar-refractivity contribution < 1.29 is 34.4 Å². The van der Waals surface area contributed by atoms with E-state index in [1.807, 2.05) is 65.8 Å². The van der Waals surface area contributed by atoms with Gasteiger partial charge in [-0.2, -0.15) is 0 Å². The maximum atomic E-state index is 12.7. The molecule has 0 N–H and O–H groups in total. The second-order valence-electron chi connectivity index (χ2n) is 6.45. The molecule has 2 aromatic carbocycles. The number of carbonyl (C=O) groups excluding carboxylic acids is 2. The summed E-state index contributed by atoms with van der Waals surface area (Å²) in [7, 11) is -2.67. The molecule has 25 heavy (non-hydrogen) atoms. The number of hydrogen-bond donors (Lipinski definition) is 0. The summed E-state index contributed by atoms with van der Waals surface area (Å²) in [6, 6.07) is 7.49. The molecule has 0 amide bonds. The number of hydrogen-bond acceptors (Lipinski definition) is 3. The molecule has 0 aliphatic carbocycles. The van der Waals surface area contributed by atoms with Crippen LogP contribution in [0.15, 0.2) is 24.3 Å². The van der Waals surface area contributed by atoms with E-state index in [4.69, 9.17) is 0 Å². The van der Waals surface area contributed by atoms with Crippen molar-refractivity contribution >= 4 is 18.8 Å². The van der Waals surface area contributed by atoms with Crippen molar-refractivity contribution in [1.82, 2.24) is 0 Å². The summed E-state index contributed by atoms with van der Waals surface area (Å²) < 4.78 is 12.7. The number of aryl methyl sites for hydroxylation is 6. The number of carbonyl (C=O) groups is 2. The van der Waals surface area contributed by atoms with E-state index in [9.17, 15) is 14.2 Å². The van der Waals surface area contributed by atoms with Gasteiger partial charge < -0.3 is 1.43 Å². The third kappa shape index (κ3) is 4.36. The van der Waals surface area contributed by atoms with E-state index in [0.717, 1.165) is 33.4 Å². The van der Waals surface area contributed by atoms with Gasteiger partial charge in [-0.15, -0.1) is 0 Å². The van der Waals surface area contributed by atoms with Crippen molar-refractivity contribution in [3.05, 3.63) is 68.8 Å². The van der Waals surface area contributed by atoms with Crippen molar-refractivity contribution in [2.75, 3.05) is 0 Å². The predicted molar refractivity (Wildman–Crippen MR) is 98.7 cm³/mol. The number of benzene rings is 2. The van der Waals surface area contributed by atoms with Crippen LogP contribution < -0.4 is 18.9 Å². The van der Waals surface area contributed by atoms with Crippen LogP contribution in [0.4, 0.5) is 0 Å². The average Bonchev–Trinajstić information content (AvgIpc) is 2.43. The van der Waals surface area contributed by atoms with Gasteiger partial charge in [-0.3, -0.25) is 0 Å². The average molecular weight is 349 g/mol. The summed E-state index contributed by atoms with van der Waals surface area (Å²) in [6.45, 7) is 11.1. The van der Waals surface area contributed by atoms with E-state index in [1.165, 1.54) is 0 Å². The smallest absolute Gasteiger partial charge is 1.00 e. The van der Waals surface area contributed by atoms with E-state index in [-0.39, 0.29) is 20.3 Å². The molecule has 2 aromatic rings. The molecule has 0 atom stereocenters. The van der Waals surface area contributed by atoms with Gasteiger partial charge in [-0.05, 0) is 63.8 Å². The molecule has 0 spiro atoms. The van der Waals surface area contributed by atoms with E-state index < -0.39 is 18.8 Å². The zero-order chi connectivity index (χ0) is 18.2. The Hall–Kier alpha value is -1.52. The molecule has 2 rings (SSSR count). The van der Waals surface area contributed by atoms with Gasteiger partial charge in [0.15, 0.2) is 0 Å². The molecule has 3 nitrogen and oxygen atoms in total. The van der Waals surface area contributed by atoms with Gasteiger partial charge in [0.05, 0.1) is 11.1 Å². The minimum absolute atomic E-state index is 0. The van der Waals surface area contributed by atoms with Gasteiger partial charge >= 0.3 is 37.7 Å². The summed E-state index contributed by atoms with van der Waals surface area (Å²) in [5, 5.41) is 0. The molecule has 0 radical (unpaired) electrons. The van der Waals surface area contributed by atoms with Crippen molar-refractivity contribution in [2.24, 2.45) is 0 Å². The normalized spacial score (nSPS) is 10.2. The molecule has 0 unspecified atom stereocenters. The minimum Gasteiger partial charge on any atom is -1.00 e. The molecule has 0 aromatic heterocycles. The summed E-state index contributed by atoms with van der Waals surface area (Å²) in [5.41, 5.74) is 4.74. The second-order valence-corrected chi connectivity index (χ2v) is 7.85. The fourth-order valence-electron chi connectivity index (χ4n) is 3.33. The van der Waals surface area contributed by atoms with Crippen molar-refractivity contribution in [3.63, 3.8) is 0 Å². The van der Waals surface area contributed by atoms with Crippen LogP contribution in [0.5, 0.6) is 0 Å². The molecule has 0 aliphatic heterocycles. The van der Waals surface area contributed by atoms with Crippen LogP contribution in [0.1, 0.15) is 55.5 Å². The zero-order valence-corrected chi connectivity index (χ0v) is 16.9. The van der Waals surface area contributed by atoms with E-state index >= 15 is 0 Å². The zero-order valence-electron chi connectivity index (χ0n) is 17.0. The van der Waals surface area contributed by atoms with Gasteiger partial charge in [-0.1, -0.05) is 40.0 Å². The fourth-order valence-corrected chi connectivity index (χ4v) is 4.63. The van der Waals surface area contributed by atoms with Crippen molar-refractivity contribution in [2.45, 2.75) is 41.5 Å². The quantitative estimate of drug-likeness (QED) is 0.629. The van der Waals surface area contributed by atoms with Crippen LogP contribution in [-0.2, 0) is 4.57 Å². The second kappa shape index (κ2) is 8.24. The Bertz CT molecular complexity index is 773. The van der Waals surface area contributed by atoms with Crippen LogP contribution in [0.3, 0.4) is 0 Å². The molecular weight excluding hydrogens is 326 g/mol. The Morgan fingerprint density at radius 3 is 1.16 bits per heavy atom. The van der Waals surface area contributed by atoms with E-state index in [1.54, 1.807) is 0 Å². The first-order valence-electron chi connectivity index (χ1n) is 7.85. The molecular formula is C20H23LiO3P+. The first-order chi connectivity index (χ1) is 11.1. The summed E-state index contributed by atoms with van der Waals surface area (Å²) in [5.74, 6) is 0. The minimum atomic E-state index is -2.67. The van der Waals surface area contributed by atoms with E-state index in [2.05, 4.69) is 0 Å². The molecule has 0 heterocycles. The van der Waals surface area contributed by atoms with Gasteiger partial charge in [0, 0.05) is 0 Å². The molecule has 0 saturated heterocycles.